The maximum atomic E-state index is 13.6. The van der Waals surface area contributed by atoms with Crippen molar-refractivity contribution in [3.05, 3.63) is 54.1 Å². The molecule has 1 aromatic carbocycles. The van der Waals surface area contributed by atoms with E-state index in [0.29, 0.717) is 18.8 Å². The molecule has 0 atom stereocenters. The molecular formula is C26H33N7O2. The third-order valence-electron chi connectivity index (χ3n) is 7.59. The summed E-state index contributed by atoms with van der Waals surface area (Å²) in [7, 11) is 4.22. The van der Waals surface area contributed by atoms with Gasteiger partial charge in [0.1, 0.15) is 12.6 Å². The molecule has 1 aliphatic carbocycles. The molecular weight excluding hydrogens is 442 g/mol. The lowest BCUT2D eigenvalue weighted by Crippen LogP contribution is -2.57. The highest BCUT2D eigenvalue weighted by Crippen LogP contribution is 2.49. The second-order valence-corrected chi connectivity index (χ2v) is 9.70. The number of carbonyl (C=O) groups excluding carboxylic acids is 2. The first-order chi connectivity index (χ1) is 16.8. The molecule has 9 nitrogen and oxygen atoms in total. The summed E-state index contributed by atoms with van der Waals surface area (Å²) in [6.07, 6.45) is 7.11. The van der Waals surface area contributed by atoms with Crippen LogP contribution in [-0.4, -0.2) is 71.0 Å². The molecule has 3 amide bonds. The highest BCUT2D eigenvalue weighted by Gasteiger charge is 2.55. The van der Waals surface area contributed by atoms with E-state index in [4.69, 9.17) is 5.26 Å². The molecule has 2 fully saturated rings. The van der Waals surface area contributed by atoms with Crippen LogP contribution in [0.15, 0.2) is 42.7 Å². The number of aromatic nitrogens is 2. The van der Waals surface area contributed by atoms with Gasteiger partial charge in [-0.15, -0.1) is 0 Å². The summed E-state index contributed by atoms with van der Waals surface area (Å²) < 4.78 is 0. The van der Waals surface area contributed by atoms with Crippen LogP contribution in [0.25, 0.3) is 0 Å². The van der Waals surface area contributed by atoms with Gasteiger partial charge >= 0.3 is 6.03 Å². The van der Waals surface area contributed by atoms with E-state index >= 15 is 0 Å². The number of nitriles is 1. The van der Waals surface area contributed by atoms with Gasteiger partial charge in [0.15, 0.2) is 0 Å². The first kappa shape index (κ1) is 24.6. The lowest BCUT2D eigenvalue weighted by molar-refractivity contribution is -0.123. The van der Waals surface area contributed by atoms with E-state index in [1.165, 1.54) is 18.0 Å². The van der Waals surface area contributed by atoms with E-state index < -0.39 is 5.54 Å². The van der Waals surface area contributed by atoms with Crippen molar-refractivity contribution >= 4 is 17.6 Å². The lowest BCUT2D eigenvalue weighted by Gasteiger charge is -2.50. The summed E-state index contributed by atoms with van der Waals surface area (Å²) in [6.45, 7) is 3.06. The average molecular weight is 476 g/mol. The van der Waals surface area contributed by atoms with E-state index in [-0.39, 0.29) is 29.8 Å². The molecule has 0 unspecified atom stereocenters. The Labute approximate surface area is 206 Å². The average Bonchev–Trinajstić information content (AvgIpc) is 3.14. The van der Waals surface area contributed by atoms with Gasteiger partial charge in [0.25, 0.3) is 0 Å². The van der Waals surface area contributed by atoms with Crippen molar-refractivity contribution in [2.45, 2.75) is 50.1 Å². The Morgan fingerprint density at radius 1 is 1.14 bits per heavy atom. The molecule has 1 spiro atoms. The zero-order valence-electron chi connectivity index (χ0n) is 20.7. The predicted molar refractivity (Wildman–Crippen MR) is 133 cm³/mol. The molecule has 1 saturated heterocycles. The zero-order chi connectivity index (χ0) is 25.1. The topological polar surface area (TPSA) is 105 Å². The maximum absolute atomic E-state index is 13.6. The van der Waals surface area contributed by atoms with E-state index in [0.717, 1.165) is 32.1 Å². The summed E-state index contributed by atoms with van der Waals surface area (Å²) in [5, 5.41) is 11.9. The number of nitrogens with one attached hydrogen (secondary N) is 1. The largest absolute Gasteiger partial charge is 0.355 e. The van der Waals surface area contributed by atoms with Gasteiger partial charge in [-0.3, -0.25) is 14.6 Å². The van der Waals surface area contributed by atoms with Gasteiger partial charge in [0, 0.05) is 12.1 Å². The van der Waals surface area contributed by atoms with Gasteiger partial charge in [-0.25, -0.2) is 14.8 Å². The van der Waals surface area contributed by atoms with Gasteiger partial charge in [-0.2, -0.15) is 5.26 Å². The maximum Gasteiger partial charge on any atom is 0.325 e. The van der Waals surface area contributed by atoms with Crippen molar-refractivity contribution in [1.29, 1.82) is 5.26 Å². The number of hydrogen-bond acceptors (Lipinski definition) is 6. The standard InChI is InChI=1S/C26H33N7O2/c1-4-14-28-23(34)18-33-24(35)32(21-16-29-22(15-27)30-17-21)19-25(33)10-12-26(13-11-25,31(2)3)20-8-6-5-7-9-20/h5-9,16-17H,4,10-14,18-19H2,1-3H3,(H,28,34)/t25-,26-. The van der Waals surface area contributed by atoms with Crippen LogP contribution < -0.4 is 10.2 Å². The molecule has 1 aliphatic heterocycles. The third-order valence-corrected chi connectivity index (χ3v) is 7.59. The molecule has 1 aromatic heterocycles. The van der Waals surface area contributed by atoms with Crippen LogP contribution in [0, 0.1) is 11.3 Å². The Bertz CT molecular complexity index is 1090. The Balaban J connectivity index is 1.64. The van der Waals surface area contributed by atoms with Crippen molar-refractivity contribution in [2.75, 3.05) is 38.6 Å². The number of hydrogen-bond donors (Lipinski definition) is 1. The molecule has 184 valence electrons. The highest BCUT2D eigenvalue weighted by atomic mass is 16.2. The molecule has 2 aromatic rings. The molecule has 1 N–H and O–H groups in total. The molecule has 4 rings (SSSR count). The second-order valence-electron chi connectivity index (χ2n) is 9.70. The first-order valence-corrected chi connectivity index (χ1v) is 12.2. The van der Waals surface area contributed by atoms with Crippen molar-refractivity contribution in [3.63, 3.8) is 0 Å². The van der Waals surface area contributed by atoms with E-state index in [1.54, 1.807) is 9.80 Å². The first-order valence-electron chi connectivity index (χ1n) is 12.2. The fraction of sp³-hybridized carbons (Fsp3) is 0.500. The van der Waals surface area contributed by atoms with Crippen LogP contribution in [-0.2, 0) is 10.3 Å². The number of rotatable bonds is 7. The Morgan fingerprint density at radius 2 is 1.80 bits per heavy atom. The minimum atomic E-state index is -0.469. The van der Waals surface area contributed by atoms with Gasteiger partial charge in [-0.05, 0) is 51.8 Å². The number of amides is 3. The van der Waals surface area contributed by atoms with Gasteiger partial charge in [0.05, 0.1) is 30.2 Å². The minimum absolute atomic E-state index is 0.0206. The Kier molecular flexibility index (Phi) is 7.03. The monoisotopic (exact) mass is 475 g/mol. The number of benzene rings is 1. The molecule has 35 heavy (non-hydrogen) atoms. The molecule has 0 radical (unpaired) electrons. The fourth-order valence-corrected chi connectivity index (χ4v) is 5.51. The zero-order valence-corrected chi connectivity index (χ0v) is 20.7. The van der Waals surface area contributed by atoms with Crippen LogP contribution in [0.1, 0.15) is 50.4 Å². The number of anilines is 1. The summed E-state index contributed by atoms with van der Waals surface area (Å²) in [6, 6.07) is 12.2. The molecule has 2 heterocycles. The number of urea groups is 1. The SMILES string of the molecule is CCCNC(=O)CN1C(=O)N(c2cnc(C#N)nc2)C[C@]12CC[C@@](c1ccccc1)(N(C)C)CC2. The quantitative estimate of drug-likeness (QED) is 0.660. The van der Waals surface area contributed by atoms with Crippen molar-refractivity contribution in [3.8, 4) is 6.07 Å². The lowest BCUT2D eigenvalue weighted by atomic mass is 9.68. The van der Waals surface area contributed by atoms with Crippen LogP contribution in [0.4, 0.5) is 10.5 Å². The van der Waals surface area contributed by atoms with Crippen molar-refractivity contribution in [2.24, 2.45) is 0 Å². The number of carbonyl (C=O) groups is 2. The third kappa shape index (κ3) is 4.58. The van der Waals surface area contributed by atoms with Crippen molar-refractivity contribution in [1.82, 2.24) is 25.1 Å². The molecule has 2 aliphatic rings. The fourth-order valence-electron chi connectivity index (χ4n) is 5.51. The minimum Gasteiger partial charge on any atom is -0.355 e. The van der Waals surface area contributed by atoms with Gasteiger partial charge in [0.2, 0.25) is 11.7 Å². The molecule has 0 bridgehead atoms. The van der Waals surface area contributed by atoms with Crippen LogP contribution >= 0.6 is 0 Å². The van der Waals surface area contributed by atoms with Gasteiger partial charge in [-0.1, -0.05) is 37.3 Å². The summed E-state index contributed by atoms with van der Waals surface area (Å²) in [5.41, 5.74) is 1.21. The molecule has 1 saturated carbocycles. The van der Waals surface area contributed by atoms with E-state index in [9.17, 15) is 9.59 Å². The predicted octanol–water partition coefficient (Wildman–Crippen LogP) is 2.89. The normalized spacial score (nSPS) is 24.1. The van der Waals surface area contributed by atoms with E-state index in [1.807, 2.05) is 19.1 Å². The van der Waals surface area contributed by atoms with Gasteiger partial charge < -0.3 is 10.2 Å². The van der Waals surface area contributed by atoms with Crippen LogP contribution in [0.3, 0.4) is 0 Å². The Hall–Kier alpha value is -3.51. The molecule has 9 heteroatoms. The highest BCUT2D eigenvalue weighted by molar-refractivity contribution is 5.97. The summed E-state index contributed by atoms with van der Waals surface area (Å²) in [5.74, 6) is -0.0905. The summed E-state index contributed by atoms with van der Waals surface area (Å²) in [4.78, 5) is 40.2. The smallest absolute Gasteiger partial charge is 0.325 e. The van der Waals surface area contributed by atoms with Crippen LogP contribution in [0.5, 0.6) is 0 Å². The van der Waals surface area contributed by atoms with E-state index in [2.05, 4.69) is 58.5 Å². The summed E-state index contributed by atoms with van der Waals surface area (Å²) >= 11 is 0. The second kappa shape index (κ2) is 10.0. The Morgan fingerprint density at radius 3 is 2.37 bits per heavy atom. The van der Waals surface area contributed by atoms with Crippen LogP contribution in [0.2, 0.25) is 0 Å². The number of nitrogens with zero attached hydrogens (tertiary/aromatic N) is 6. The van der Waals surface area contributed by atoms with Crippen molar-refractivity contribution < 1.29 is 9.59 Å².